The second-order valence-electron chi connectivity index (χ2n) is 6.36. The maximum Gasteiger partial charge on any atom is 0.377 e. The lowest BCUT2D eigenvalue weighted by Gasteiger charge is -2.33. The number of hydrogen-bond donors (Lipinski definition) is 1. The highest BCUT2D eigenvalue weighted by molar-refractivity contribution is 5.79. The zero-order valence-electron chi connectivity index (χ0n) is 11.6. The van der Waals surface area contributed by atoms with Gasteiger partial charge in [-0.05, 0) is 51.2 Å². The minimum absolute atomic E-state index is 0.441. The van der Waals surface area contributed by atoms with Crippen molar-refractivity contribution in [1.29, 1.82) is 0 Å². The molecule has 114 valence electrons. The molecule has 3 aliphatic rings. The number of alkyl halides is 2. The van der Waals surface area contributed by atoms with E-state index in [0.29, 0.717) is 12.6 Å². The summed E-state index contributed by atoms with van der Waals surface area (Å²) in [6, 6.07) is 0.555. The van der Waals surface area contributed by atoms with Crippen LogP contribution in [0.25, 0.3) is 0 Å². The molecule has 0 aromatic heterocycles. The number of carbonyl (C=O) groups is 1. The van der Waals surface area contributed by atoms with Gasteiger partial charge in [0.15, 0.2) is 0 Å². The van der Waals surface area contributed by atoms with E-state index in [1.54, 1.807) is 0 Å². The highest BCUT2D eigenvalue weighted by Crippen LogP contribution is 2.31. The molecule has 6 heteroatoms. The number of carbonyl (C=O) groups excluding carboxylic acids is 1. The van der Waals surface area contributed by atoms with Gasteiger partial charge in [-0.3, -0.25) is 4.90 Å². The standard InChI is InChI=1S/C14H22F2N2O2/c15-14(16)7-12(20-13(14)19)9-18-5-3-11(4-6-18)17-8-10-1-2-10/h10-12,17H,1-9H2. The Hall–Kier alpha value is -0.750. The molecule has 0 amide bonds. The molecule has 0 aromatic rings. The van der Waals surface area contributed by atoms with E-state index < -0.39 is 24.4 Å². The largest absolute Gasteiger partial charge is 0.456 e. The van der Waals surface area contributed by atoms with Gasteiger partial charge in [0.1, 0.15) is 6.10 Å². The number of hydrogen-bond acceptors (Lipinski definition) is 4. The molecule has 3 rings (SSSR count). The summed E-state index contributed by atoms with van der Waals surface area (Å²) in [5, 5.41) is 3.59. The van der Waals surface area contributed by atoms with Crippen molar-refractivity contribution in [3.05, 3.63) is 0 Å². The number of rotatable bonds is 5. The third-order valence-electron chi connectivity index (χ3n) is 4.50. The average Bonchev–Trinajstić information content (AvgIpc) is 3.17. The van der Waals surface area contributed by atoms with Crippen LogP contribution in [0.4, 0.5) is 8.78 Å². The molecule has 20 heavy (non-hydrogen) atoms. The van der Waals surface area contributed by atoms with E-state index in [-0.39, 0.29) is 0 Å². The van der Waals surface area contributed by atoms with Crippen LogP contribution in [0.1, 0.15) is 32.1 Å². The van der Waals surface area contributed by atoms with Gasteiger partial charge in [0, 0.05) is 12.6 Å². The van der Waals surface area contributed by atoms with Crippen molar-refractivity contribution in [2.24, 2.45) is 5.92 Å². The minimum atomic E-state index is -3.28. The van der Waals surface area contributed by atoms with E-state index in [0.717, 1.165) is 38.4 Å². The predicted molar refractivity (Wildman–Crippen MR) is 69.6 cm³/mol. The van der Waals surface area contributed by atoms with E-state index in [2.05, 4.69) is 10.2 Å². The first-order valence-electron chi connectivity index (χ1n) is 7.57. The molecule has 1 atom stereocenters. The van der Waals surface area contributed by atoms with Crippen LogP contribution in [-0.4, -0.2) is 55.1 Å². The van der Waals surface area contributed by atoms with Gasteiger partial charge in [-0.15, -0.1) is 0 Å². The number of cyclic esters (lactones) is 1. The molecule has 1 unspecified atom stereocenters. The lowest BCUT2D eigenvalue weighted by Crippen LogP contribution is -2.45. The molecule has 0 bridgehead atoms. The number of halogens is 2. The van der Waals surface area contributed by atoms with Gasteiger partial charge < -0.3 is 10.1 Å². The molecule has 0 spiro atoms. The molecule has 1 saturated carbocycles. The zero-order chi connectivity index (χ0) is 14.2. The van der Waals surface area contributed by atoms with Gasteiger partial charge in [-0.2, -0.15) is 8.78 Å². The highest BCUT2D eigenvalue weighted by Gasteiger charge is 2.51. The monoisotopic (exact) mass is 288 g/mol. The summed E-state index contributed by atoms with van der Waals surface area (Å²) in [7, 11) is 0. The van der Waals surface area contributed by atoms with Crippen molar-refractivity contribution in [3.8, 4) is 0 Å². The predicted octanol–water partition coefficient (Wildman–Crippen LogP) is 1.40. The first-order valence-corrected chi connectivity index (χ1v) is 7.57. The first kappa shape index (κ1) is 14.2. The fourth-order valence-electron chi connectivity index (χ4n) is 3.01. The normalized spacial score (nSPS) is 31.5. The molecule has 4 nitrogen and oxygen atoms in total. The Morgan fingerprint density at radius 1 is 1.25 bits per heavy atom. The van der Waals surface area contributed by atoms with Crippen LogP contribution >= 0.6 is 0 Å². The van der Waals surface area contributed by atoms with Crippen LogP contribution in [-0.2, 0) is 9.53 Å². The van der Waals surface area contributed by atoms with E-state index in [9.17, 15) is 13.6 Å². The van der Waals surface area contributed by atoms with E-state index in [1.165, 1.54) is 12.8 Å². The molecule has 2 heterocycles. The molecule has 2 aliphatic heterocycles. The third-order valence-corrected chi connectivity index (χ3v) is 4.50. The Labute approximate surface area is 117 Å². The van der Waals surface area contributed by atoms with Gasteiger partial charge in [-0.25, -0.2) is 4.79 Å². The van der Waals surface area contributed by atoms with Gasteiger partial charge in [0.05, 0.1) is 6.42 Å². The molecular weight excluding hydrogens is 266 g/mol. The summed E-state index contributed by atoms with van der Waals surface area (Å²) >= 11 is 0. The lowest BCUT2D eigenvalue weighted by molar-refractivity contribution is -0.159. The lowest BCUT2D eigenvalue weighted by atomic mass is 10.0. The quantitative estimate of drug-likeness (QED) is 0.777. The van der Waals surface area contributed by atoms with Crippen LogP contribution < -0.4 is 5.32 Å². The molecular formula is C14H22F2N2O2. The van der Waals surface area contributed by atoms with Crippen molar-refractivity contribution in [3.63, 3.8) is 0 Å². The third kappa shape index (κ3) is 3.47. The Morgan fingerprint density at radius 3 is 2.50 bits per heavy atom. The van der Waals surface area contributed by atoms with Crippen LogP contribution in [0, 0.1) is 5.92 Å². The number of nitrogens with zero attached hydrogens (tertiary/aromatic N) is 1. The molecule has 1 aliphatic carbocycles. The van der Waals surface area contributed by atoms with Crippen LogP contribution in [0.15, 0.2) is 0 Å². The molecule has 3 fully saturated rings. The van der Waals surface area contributed by atoms with Gasteiger partial charge in [-0.1, -0.05) is 0 Å². The Bertz CT molecular complexity index is 366. The van der Waals surface area contributed by atoms with Crippen LogP contribution in [0.2, 0.25) is 0 Å². The van der Waals surface area contributed by atoms with Crippen molar-refractivity contribution in [1.82, 2.24) is 10.2 Å². The fourth-order valence-corrected chi connectivity index (χ4v) is 3.01. The summed E-state index contributed by atoms with van der Waals surface area (Å²) in [4.78, 5) is 13.1. The highest BCUT2D eigenvalue weighted by atomic mass is 19.3. The van der Waals surface area contributed by atoms with Crippen molar-refractivity contribution >= 4 is 5.97 Å². The zero-order valence-corrected chi connectivity index (χ0v) is 11.6. The number of ether oxygens (including phenoxy) is 1. The number of likely N-dealkylation sites (tertiary alicyclic amines) is 1. The average molecular weight is 288 g/mol. The number of esters is 1. The molecule has 1 N–H and O–H groups in total. The Kier molecular flexibility index (Phi) is 3.95. The Balaban J connectivity index is 1.37. The number of nitrogens with one attached hydrogen (secondary N) is 1. The van der Waals surface area contributed by atoms with E-state index in [4.69, 9.17) is 4.74 Å². The van der Waals surface area contributed by atoms with Gasteiger partial charge >= 0.3 is 11.9 Å². The topological polar surface area (TPSA) is 41.6 Å². The van der Waals surface area contributed by atoms with Crippen molar-refractivity contribution in [2.75, 3.05) is 26.2 Å². The van der Waals surface area contributed by atoms with E-state index >= 15 is 0 Å². The fraction of sp³-hybridized carbons (Fsp3) is 0.929. The van der Waals surface area contributed by atoms with Crippen molar-refractivity contribution < 1.29 is 18.3 Å². The van der Waals surface area contributed by atoms with Crippen molar-refractivity contribution in [2.45, 2.75) is 50.2 Å². The summed E-state index contributed by atoms with van der Waals surface area (Å²) in [6.07, 6.45) is 3.69. The maximum absolute atomic E-state index is 13.1. The molecule has 0 radical (unpaired) electrons. The summed E-state index contributed by atoms with van der Waals surface area (Å²) in [6.45, 7) is 3.34. The maximum atomic E-state index is 13.1. The smallest absolute Gasteiger partial charge is 0.377 e. The SMILES string of the molecule is O=C1OC(CN2CCC(NCC3CC3)CC2)CC1(F)F. The summed E-state index contributed by atoms with van der Waals surface area (Å²) < 4.78 is 30.9. The van der Waals surface area contributed by atoms with Crippen LogP contribution in [0.5, 0.6) is 0 Å². The van der Waals surface area contributed by atoms with E-state index in [1.807, 2.05) is 0 Å². The minimum Gasteiger partial charge on any atom is -0.456 e. The Morgan fingerprint density at radius 2 is 1.95 bits per heavy atom. The second kappa shape index (κ2) is 5.56. The number of piperidine rings is 1. The summed E-state index contributed by atoms with van der Waals surface area (Å²) in [5.74, 6) is -3.76. The summed E-state index contributed by atoms with van der Waals surface area (Å²) in [5.41, 5.74) is 0. The second-order valence-corrected chi connectivity index (χ2v) is 6.36. The first-order chi connectivity index (χ1) is 9.53. The van der Waals surface area contributed by atoms with Gasteiger partial charge in [0.2, 0.25) is 0 Å². The van der Waals surface area contributed by atoms with Gasteiger partial charge in [0.25, 0.3) is 0 Å². The van der Waals surface area contributed by atoms with Crippen LogP contribution in [0.3, 0.4) is 0 Å². The molecule has 2 saturated heterocycles. The molecule has 0 aromatic carbocycles.